The van der Waals surface area contributed by atoms with E-state index in [9.17, 15) is 9.59 Å². The maximum Gasteiger partial charge on any atom is 0.305 e. The van der Waals surface area contributed by atoms with Gasteiger partial charge in [-0.15, -0.1) is 0 Å². The summed E-state index contributed by atoms with van der Waals surface area (Å²) < 4.78 is 15.3. The van der Waals surface area contributed by atoms with Crippen LogP contribution >= 0.6 is 0 Å². The molecule has 0 atom stereocenters. The summed E-state index contributed by atoms with van der Waals surface area (Å²) in [5.74, 6) is 1.05. The molecular weight excluding hydrogens is 414 g/mol. The van der Waals surface area contributed by atoms with Crippen LogP contribution in [0.5, 0.6) is 11.5 Å². The van der Waals surface area contributed by atoms with Crippen molar-refractivity contribution in [1.29, 1.82) is 0 Å². The summed E-state index contributed by atoms with van der Waals surface area (Å²) in [5, 5.41) is 6.89. The molecule has 0 heterocycles. The van der Waals surface area contributed by atoms with E-state index in [2.05, 4.69) is 0 Å². The second kappa shape index (κ2) is 14.2. The Balaban J connectivity index is 0.00000161. The van der Waals surface area contributed by atoms with E-state index in [4.69, 9.17) is 24.1 Å². The van der Waals surface area contributed by atoms with E-state index in [-0.39, 0.29) is 12.4 Å². The number of hydrogen-bond donors (Lipinski definition) is 1. The van der Waals surface area contributed by atoms with E-state index in [0.717, 1.165) is 28.3 Å². The van der Waals surface area contributed by atoms with E-state index in [1.807, 2.05) is 61.3 Å². The van der Waals surface area contributed by atoms with Crippen molar-refractivity contribution in [3.63, 3.8) is 0 Å². The van der Waals surface area contributed by atoms with Crippen LogP contribution in [0.2, 0.25) is 0 Å². The number of carbonyl (C=O) groups excluding carboxylic acids is 2. The van der Waals surface area contributed by atoms with Gasteiger partial charge in [-0.3, -0.25) is 14.4 Å². The van der Waals surface area contributed by atoms with Gasteiger partial charge in [0.15, 0.2) is 0 Å². The Bertz CT molecular complexity index is 924. The highest BCUT2D eigenvalue weighted by Gasteiger charge is 2.15. The minimum atomic E-state index is -0.250. The zero-order chi connectivity index (χ0) is 23.9. The molecular formula is C24H29NO7. The number of hydrogen-bond acceptors (Lipinski definition) is 7. The third kappa shape index (κ3) is 7.46. The largest absolute Gasteiger partial charge is 0.496 e. The molecule has 0 aliphatic rings. The molecule has 0 aliphatic heterocycles. The van der Waals surface area contributed by atoms with Crippen LogP contribution < -0.4 is 14.4 Å². The summed E-state index contributed by atoms with van der Waals surface area (Å²) in [6, 6.07) is 13.3. The van der Waals surface area contributed by atoms with Gasteiger partial charge in [-0.2, -0.15) is 0 Å². The van der Waals surface area contributed by atoms with Crippen LogP contribution in [0.15, 0.2) is 48.5 Å². The van der Waals surface area contributed by atoms with E-state index < -0.39 is 0 Å². The number of ether oxygens (including phenoxy) is 3. The van der Waals surface area contributed by atoms with Gasteiger partial charge in [-0.1, -0.05) is 18.2 Å². The Morgan fingerprint density at radius 3 is 2.38 bits per heavy atom. The van der Waals surface area contributed by atoms with Crippen molar-refractivity contribution in [1.82, 2.24) is 0 Å². The minimum Gasteiger partial charge on any atom is -0.496 e. The topological polar surface area (TPSA) is 102 Å². The molecule has 0 saturated carbocycles. The van der Waals surface area contributed by atoms with Crippen LogP contribution in [-0.2, 0) is 25.5 Å². The number of nitrogens with zero attached hydrogens (tertiary/aromatic N) is 1. The molecule has 0 amide bonds. The number of para-hydroxylation sites is 1. The molecule has 0 radical (unpaired) electrons. The van der Waals surface area contributed by atoms with E-state index >= 15 is 0 Å². The smallest absolute Gasteiger partial charge is 0.305 e. The summed E-state index contributed by atoms with van der Waals surface area (Å²) in [6.45, 7) is 2.11. The van der Waals surface area contributed by atoms with Crippen LogP contribution in [-0.4, -0.2) is 45.3 Å². The first-order chi connectivity index (χ1) is 15.5. The summed E-state index contributed by atoms with van der Waals surface area (Å²) in [4.78, 5) is 32.6. The molecule has 0 fully saturated rings. The van der Waals surface area contributed by atoms with Crippen molar-refractivity contribution in [2.75, 3.05) is 26.2 Å². The average molecular weight is 443 g/mol. The SMILES string of the molecule is C/C=C(\c1ccccc1OC=O)N(C)c1ccc(OC)c(CCCC(=O)OC)c1.O=CO. The van der Waals surface area contributed by atoms with Gasteiger partial charge in [0.1, 0.15) is 11.5 Å². The highest BCUT2D eigenvalue weighted by atomic mass is 16.5. The Morgan fingerprint density at radius 1 is 1.09 bits per heavy atom. The number of allylic oxidation sites excluding steroid dienone is 1. The number of carbonyl (C=O) groups is 3. The van der Waals surface area contributed by atoms with Gasteiger partial charge in [0.25, 0.3) is 12.9 Å². The Labute approximate surface area is 188 Å². The monoisotopic (exact) mass is 443 g/mol. The first-order valence-electron chi connectivity index (χ1n) is 9.88. The zero-order valence-electron chi connectivity index (χ0n) is 18.7. The fourth-order valence-electron chi connectivity index (χ4n) is 3.20. The van der Waals surface area contributed by atoms with Crippen molar-refractivity contribution in [3.8, 4) is 11.5 Å². The molecule has 8 nitrogen and oxygen atoms in total. The number of rotatable bonds is 10. The van der Waals surface area contributed by atoms with Gasteiger partial charge < -0.3 is 24.2 Å². The normalized spacial score (nSPS) is 10.3. The fourth-order valence-corrected chi connectivity index (χ4v) is 3.20. The minimum absolute atomic E-state index is 0.222. The predicted octanol–water partition coefficient (Wildman–Crippen LogP) is 3.92. The van der Waals surface area contributed by atoms with Crippen LogP contribution in [0.1, 0.15) is 30.9 Å². The summed E-state index contributed by atoms with van der Waals surface area (Å²) in [6.07, 6.45) is 3.68. The van der Waals surface area contributed by atoms with Crippen LogP contribution in [0, 0.1) is 0 Å². The molecule has 0 saturated heterocycles. The lowest BCUT2D eigenvalue weighted by molar-refractivity contribution is -0.140. The lowest BCUT2D eigenvalue weighted by atomic mass is 10.0. The Morgan fingerprint density at radius 2 is 1.78 bits per heavy atom. The fraction of sp³-hybridized carbons (Fsp3) is 0.292. The number of benzene rings is 2. The number of aryl methyl sites for hydroxylation is 1. The molecule has 0 bridgehead atoms. The Kier molecular flexibility index (Phi) is 11.7. The third-order valence-electron chi connectivity index (χ3n) is 4.68. The standard InChI is InChI=1S/C23H27NO5.CH2O2/c1-5-20(19-10-6-7-11-22(19)29-16-25)24(2)18-13-14-21(27-3)17(15-18)9-8-12-23(26)28-4;2-1-3/h5-7,10-11,13-16H,8-9,12H2,1-4H3;1H,(H,2,3)/b20-5+;. The Hall–Kier alpha value is -3.81. The molecule has 0 aliphatic carbocycles. The second-order valence-electron chi connectivity index (χ2n) is 6.47. The molecule has 8 heteroatoms. The number of carboxylic acid groups (broad SMARTS) is 1. The number of methoxy groups -OCH3 is 2. The second-order valence-corrected chi connectivity index (χ2v) is 6.47. The van der Waals surface area contributed by atoms with Gasteiger partial charge >= 0.3 is 5.97 Å². The molecule has 2 aromatic carbocycles. The highest BCUT2D eigenvalue weighted by Crippen LogP contribution is 2.33. The van der Waals surface area contributed by atoms with E-state index in [0.29, 0.717) is 31.5 Å². The molecule has 1 N–H and O–H groups in total. The van der Waals surface area contributed by atoms with Crippen molar-refractivity contribution in [2.45, 2.75) is 26.2 Å². The van der Waals surface area contributed by atoms with Crippen molar-refractivity contribution in [2.24, 2.45) is 0 Å². The molecule has 0 unspecified atom stereocenters. The zero-order valence-corrected chi connectivity index (χ0v) is 18.7. The van der Waals surface area contributed by atoms with E-state index in [1.165, 1.54) is 7.11 Å². The first kappa shape index (κ1) is 26.2. The first-order valence-corrected chi connectivity index (χ1v) is 9.88. The van der Waals surface area contributed by atoms with Gasteiger partial charge in [-0.05, 0) is 55.7 Å². The summed E-state index contributed by atoms with van der Waals surface area (Å²) in [5.41, 5.74) is 3.67. The number of anilines is 1. The van der Waals surface area contributed by atoms with Gasteiger partial charge in [-0.25, -0.2) is 0 Å². The number of esters is 1. The third-order valence-corrected chi connectivity index (χ3v) is 4.68. The lowest BCUT2D eigenvalue weighted by Crippen LogP contribution is -2.16. The van der Waals surface area contributed by atoms with Gasteiger partial charge in [0.2, 0.25) is 0 Å². The maximum absolute atomic E-state index is 11.4. The van der Waals surface area contributed by atoms with Crippen molar-refractivity contribution >= 4 is 30.3 Å². The molecule has 0 spiro atoms. The van der Waals surface area contributed by atoms with Gasteiger partial charge in [0, 0.05) is 30.4 Å². The van der Waals surface area contributed by atoms with Crippen molar-refractivity contribution in [3.05, 3.63) is 59.7 Å². The predicted molar refractivity (Wildman–Crippen MR) is 122 cm³/mol. The van der Waals surface area contributed by atoms with Crippen LogP contribution in [0.4, 0.5) is 5.69 Å². The van der Waals surface area contributed by atoms with Crippen LogP contribution in [0.25, 0.3) is 5.70 Å². The molecule has 32 heavy (non-hydrogen) atoms. The quantitative estimate of drug-likeness (QED) is 0.435. The van der Waals surface area contributed by atoms with Gasteiger partial charge in [0.05, 0.1) is 14.2 Å². The summed E-state index contributed by atoms with van der Waals surface area (Å²) in [7, 11) is 4.98. The lowest BCUT2D eigenvalue weighted by Gasteiger charge is -2.25. The van der Waals surface area contributed by atoms with Crippen LogP contribution in [0.3, 0.4) is 0 Å². The molecule has 2 rings (SSSR count). The molecule has 172 valence electrons. The van der Waals surface area contributed by atoms with E-state index in [1.54, 1.807) is 13.2 Å². The maximum atomic E-state index is 11.4. The average Bonchev–Trinajstić information content (AvgIpc) is 2.81. The summed E-state index contributed by atoms with van der Waals surface area (Å²) >= 11 is 0. The molecule has 2 aromatic rings. The highest BCUT2D eigenvalue weighted by molar-refractivity contribution is 5.82. The van der Waals surface area contributed by atoms with Crippen molar-refractivity contribution < 1.29 is 33.7 Å². The molecule has 0 aromatic heterocycles.